The molecule has 0 radical (unpaired) electrons. The van der Waals surface area contributed by atoms with E-state index in [-0.39, 0.29) is 11.5 Å². The number of fused-ring (bicyclic) bond motifs is 7. The van der Waals surface area contributed by atoms with Gasteiger partial charge >= 0.3 is 0 Å². The van der Waals surface area contributed by atoms with Crippen molar-refractivity contribution in [1.82, 2.24) is 9.97 Å². The molecule has 2 heterocycles. The number of nitrogens with one attached hydrogen (secondary N) is 1. The van der Waals surface area contributed by atoms with Crippen LogP contribution in [0.3, 0.4) is 0 Å². The first-order valence-corrected chi connectivity index (χ1v) is 10.6. The topological polar surface area (TPSA) is 37.8 Å². The van der Waals surface area contributed by atoms with E-state index in [1.165, 1.54) is 17.2 Å². The predicted octanol–water partition coefficient (Wildman–Crippen LogP) is 5.91. The van der Waals surface area contributed by atoms with E-state index in [1.807, 2.05) is 0 Å². The molecule has 0 atom stereocenters. The molecule has 3 nitrogen and oxygen atoms in total. The van der Waals surface area contributed by atoms with E-state index < -0.39 is 5.82 Å². The molecule has 2 aromatic carbocycles. The maximum Gasteiger partial charge on any atom is 0.227 e. The van der Waals surface area contributed by atoms with Crippen molar-refractivity contribution in [3.63, 3.8) is 0 Å². The van der Waals surface area contributed by atoms with Crippen molar-refractivity contribution in [2.45, 2.75) is 38.5 Å². The van der Waals surface area contributed by atoms with Crippen LogP contribution in [0.1, 0.15) is 36.0 Å². The van der Waals surface area contributed by atoms with Gasteiger partial charge in [0.1, 0.15) is 11.5 Å². The van der Waals surface area contributed by atoms with Crippen LogP contribution in [0.2, 0.25) is 0 Å². The summed E-state index contributed by atoms with van der Waals surface area (Å²) in [5, 5.41) is 3.21. The van der Waals surface area contributed by atoms with Gasteiger partial charge in [-0.3, -0.25) is 0 Å². The van der Waals surface area contributed by atoms with Crippen LogP contribution in [0.25, 0.3) is 11.3 Å². The summed E-state index contributed by atoms with van der Waals surface area (Å²) in [6.45, 7) is 0. The highest BCUT2D eigenvalue weighted by Gasteiger charge is 2.13. The smallest absolute Gasteiger partial charge is 0.227 e. The largest absolute Gasteiger partial charge is 0.324 e. The molecule has 0 unspecified atom stereocenters. The minimum absolute atomic E-state index is 0.172. The molecule has 6 bridgehead atoms. The van der Waals surface area contributed by atoms with Gasteiger partial charge in [0, 0.05) is 11.3 Å². The summed E-state index contributed by atoms with van der Waals surface area (Å²) in [6.07, 6.45) is 6.53. The summed E-state index contributed by atoms with van der Waals surface area (Å²) in [5.41, 5.74) is 4.64. The monoisotopic (exact) mass is 411 g/mol. The Kier molecular flexibility index (Phi) is 6.09. The lowest BCUT2D eigenvalue weighted by Gasteiger charge is -2.12. The van der Waals surface area contributed by atoms with Crippen LogP contribution in [0.5, 0.6) is 0 Å². The zero-order valence-corrected chi connectivity index (χ0v) is 17.0. The van der Waals surface area contributed by atoms with Gasteiger partial charge in [0.2, 0.25) is 5.95 Å². The standard InChI is InChI=1S/C23H23F2N3S/c24-20-7-6-18-13-17(20)5-3-1-2-4-15-10-16(8-9-29)12-19(11-15)27-23-26-14-21(25)22(18)28-23/h6-7,10-14,29H,1-5,8-9H2,(H,26,27,28). The number of hydrogen-bond donors (Lipinski definition) is 2. The third kappa shape index (κ3) is 4.75. The molecule has 4 rings (SSSR count). The van der Waals surface area contributed by atoms with Crippen molar-refractivity contribution < 1.29 is 8.78 Å². The van der Waals surface area contributed by atoms with Crippen molar-refractivity contribution in [3.8, 4) is 11.3 Å². The number of nitrogens with zero attached hydrogens (tertiary/aromatic N) is 2. The number of rotatable bonds is 2. The van der Waals surface area contributed by atoms with Crippen molar-refractivity contribution >= 4 is 24.3 Å². The summed E-state index contributed by atoms with van der Waals surface area (Å²) in [5.74, 6) is 0.299. The Hall–Kier alpha value is -2.47. The Morgan fingerprint density at radius 1 is 0.966 bits per heavy atom. The van der Waals surface area contributed by atoms with E-state index >= 15 is 0 Å². The Morgan fingerprint density at radius 3 is 2.69 bits per heavy atom. The van der Waals surface area contributed by atoms with Crippen LogP contribution >= 0.6 is 12.6 Å². The highest BCUT2D eigenvalue weighted by Crippen LogP contribution is 2.27. The van der Waals surface area contributed by atoms with E-state index in [0.717, 1.165) is 49.7 Å². The molecule has 0 fully saturated rings. The fourth-order valence-corrected chi connectivity index (χ4v) is 4.00. The number of aromatic nitrogens is 2. The van der Waals surface area contributed by atoms with E-state index in [4.69, 9.17) is 0 Å². The van der Waals surface area contributed by atoms with E-state index in [9.17, 15) is 8.78 Å². The van der Waals surface area contributed by atoms with Crippen LogP contribution in [0.15, 0.2) is 42.6 Å². The van der Waals surface area contributed by atoms with Gasteiger partial charge in [0.15, 0.2) is 5.82 Å². The van der Waals surface area contributed by atoms with Crippen LogP contribution in [0.4, 0.5) is 20.4 Å². The third-order valence-electron chi connectivity index (χ3n) is 5.18. The molecule has 1 aromatic heterocycles. The number of anilines is 2. The summed E-state index contributed by atoms with van der Waals surface area (Å²) in [4.78, 5) is 8.48. The summed E-state index contributed by atoms with van der Waals surface area (Å²) >= 11 is 4.35. The minimum Gasteiger partial charge on any atom is -0.324 e. The van der Waals surface area contributed by atoms with Gasteiger partial charge in [-0.05, 0) is 84.9 Å². The zero-order chi connectivity index (χ0) is 20.2. The van der Waals surface area contributed by atoms with Gasteiger partial charge < -0.3 is 5.32 Å². The Labute approximate surface area is 175 Å². The lowest BCUT2D eigenvalue weighted by Crippen LogP contribution is -2.02. The predicted molar refractivity (Wildman–Crippen MR) is 116 cm³/mol. The fourth-order valence-electron chi connectivity index (χ4n) is 3.75. The molecule has 1 N–H and O–H groups in total. The van der Waals surface area contributed by atoms with Crippen molar-refractivity contribution in [1.29, 1.82) is 0 Å². The molecule has 1 aliphatic rings. The molecular weight excluding hydrogens is 388 g/mol. The second-order valence-corrected chi connectivity index (χ2v) is 7.84. The van der Waals surface area contributed by atoms with Gasteiger partial charge in [-0.15, -0.1) is 0 Å². The average molecular weight is 412 g/mol. The first-order chi connectivity index (χ1) is 14.1. The highest BCUT2D eigenvalue weighted by molar-refractivity contribution is 7.80. The van der Waals surface area contributed by atoms with Crippen molar-refractivity contribution in [2.75, 3.05) is 11.1 Å². The normalized spacial score (nSPS) is 13.9. The van der Waals surface area contributed by atoms with Gasteiger partial charge in [-0.25, -0.2) is 18.7 Å². The zero-order valence-electron chi connectivity index (χ0n) is 16.1. The number of thiol groups is 1. The average Bonchev–Trinajstić information content (AvgIpc) is 2.70. The number of benzene rings is 2. The Balaban J connectivity index is 1.78. The first-order valence-electron chi connectivity index (χ1n) is 9.94. The minimum atomic E-state index is -0.526. The Bertz CT molecular complexity index is 1020. The molecule has 0 aliphatic carbocycles. The summed E-state index contributed by atoms with van der Waals surface area (Å²) in [6, 6.07) is 11.0. The molecule has 3 aromatic rings. The van der Waals surface area contributed by atoms with Gasteiger partial charge in [0.25, 0.3) is 0 Å². The van der Waals surface area contributed by atoms with Crippen molar-refractivity contribution in [2.24, 2.45) is 0 Å². The number of halogens is 2. The van der Waals surface area contributed by atoms with E-state index in [1.54, 1.807) is 12.1 Å². The SMILES string of the molecule is Fc1ccc2cc1CCCCCc1cc(CCS)cc(c1)Nc1ncc(F)c-2n1. The van der Waals surface area contributed by atoms with Crippen LogP contribution in [-0.2, 0) is 19.3 Å². The summed E-state index contributed by atoms with van der Waals surface area (Å²) in [7, 11) is 0. The van der Waals surface area contributed by atoms with Crippen molar-refractivity contribution in [3.05, 3.63) is 70.9 Å². The fraction of sp³-hybridized carbons (Fsp3) is 0.304. The van der Waals surface area contributed by atoms with Gasteiger partial charge in [-0.2, -0.15) is 12.6 Å². The third-order valence-corrected chi connectivity index (χ3v) is 5.41. The molecular formula is C23H23F2N3S. The second kappa shape index (κ2) is 8.91. The maximum atomic E-state index is 14.5. The van der Waals surface area contributed by atoms with Gasteiger partial charge in [0.05, 0.1) is 6.20 Å². The molecule has 150 valence electrons. The molecule has 0 amide bonds. The van der Waals surface area contributed by atoms with Gasteiger partial charge in [-0.1, -0.05) is 12.5 Å². The van der Waals surface area contributed by atoms with Crippen LogP contribution in [0, 0.1) is 11.6 Å². The molecule has 29 heavy (non-hydrogen) atoms. The molecule has 0 spiro atoms. The van der Waals surface area contributed by atoms with E-state index in [0.29, 0.717) is 23.5 Å². The summed E-state index contributed by atoms with van der Waals surface area (Å²) < 4.78 is 28.7. The quantitative estimate of drug-likeness (QED) is 0.515. The lowest BCUT2D eigenvalue weighted by molar-refractivity contribution is 0.594. The maximum absolute atomic E-state index is 14.5. The molecule has 1 aliphatic heterocycles. The highest BCUT2D eigenvalue weighted by atomic mass is 32.1. The second-order valence-electron chi connectivity index (χ2n) is 7.39. The van der Waals surface area contributed by atoms with Crippen LogP contribution < -0.4 is 5.32 Å². The van der Waals surface area contributed by atoms with E-state index in [2.05, 4.69) is 46.1 Å². The number of aryl methyl sites for hydroxylation is 3. The lowest BCUT2D eigenvalue weighted by atomic mass is 9.99. The molecule has 0 saturated heterocycles. The Morgan fingerprint density at radius 2 is 1.83 bits per heavy atom. The molecule has 6 heteroatoms. The molecule has 0 saturated carbocycles. The first kappa shape index (κ1) is 19.8. The van der Waals surface area contributed by atoms with Crippen LogP contribution in [-0.4, -0.2) is 15.7 Å². The number of hydrogen-bond acceptors (Lipinski definition) is 4.